The number of guanidine groups is 1. The van der Waals surface area contributed by atoms with Crippen LogP contribution in [-0.2, 0) is 11.2 Å². The molecule has 2 heterocycles. The Morgan fingerprint density at radius 3 is 2.42 bits per heavy atom. The lowest BCUT2D eigenvalue weighted by atomic mass is 9.98. The molecule has 7 nitrogen and oxygen atoms in total. The van der Waals surface area contributed by atoms with Gasteiger partial charge in [0, 0.05) is 31.2 Å². The van der Waals surface area contributed by atoms with Crippen molar-refractivity contribution in [3.63, 3.8) is 0 Å². The minimum absolute atomic E-state index is 0.173. The first-order chi connectivity index (χ1) is 14.7. The molecule has 2 atom stereocenters. The fourth-order valence-corrected chi connectivity index (χ4v) is 4.56. The highest BCUT2D eigenvalue weighted by atomic mass is 16.6. The van der Waals surface area contributed by atoms with Crippen molar-refractivity contribution < 1.29 is 14.6 Å². The van der Waals surface area contributed by atoms with Crippen molar-refractivity contribution in [1.82, 2.24) is 15.5 Å². The van der Waals surface area contributed by atoms with E-state index in [0.29, 0.717) is 11.8 Å². The van der Waals surface area contributed by atoms with E-state index in [9.17, 15) is 9.90 Å². The Balaban J connectivity index is 1.51. The van der Waals surface area contributed by atoms with E-state index in [4.69, 9.17) is 9.73 Å². The van der Waals surface area contributed by atoms with Crippen LogP contribution < -0.4 is 10.6 Å². The number of carbonyl (C=O) groups is 1. The quantitative estimate of drug-likeness (QED) is 0.363. The second-order valence-corrected chi connectivity index (χ2v) is 9.62. The van der Waals surface area contributed by atoms with Crippen LogP contribution in [0.25, 0.3) is 0 Å². The number of phenols is 1. The summed E-state index contributed by atoms with van der Waals surface area (Å²) in [6, 6.07) is 8.15. The van der Waals surface area contributed by atoms with Crippen molar-refractivity contribution in [3.05, 3.63) is 29.8 Å². The van der Waals surface area contributed by atoms with Gasteiger partial charge in [0.2, 0.25) is 0 Å². The zero-order valence-corrected chi connectivity index (χ0v) is 19.4. The summed E-state index contributed by atoms with van der Waals surface area (Å²) in [5, 5.41) is 16.3. The number of carbonyl (C=O) groups excluding carboxylic acids is 1. The van der Waals surface area contributed by atoms with Crippen LogP contribution in [0, 0.1) is 0 Å². The van der Waals surface area contributed by atoms with Crippen molar-refractivity contribution in [3.8, 4) is 5.75 Å². The van der Waals surface area contributed by atoms with Gasteiger partial charge in [0.25, 0.3) is 0 Å². The summed E-state index contributed by atoms with van der Waals surface area (Å²) in [4.78, 5) is 19.4. The van der Waals surface area contributed by atoms with Gasteiger partial charge in [-0.1, -0.05) is 12.1 Å². The van der Waals surface area contributed by atoms with Crippen LogP contribution >= 0.6 is 0 Å². The normalized spacial score (nSPS) is 23.5. The predicted molar refractivity (Wildman–Crippen MR) is 123 cm³/mol. The summed E-state index contributed by atoms with van der Waals surface area (Å²) in [7, 11) is 0. The Labute approximate surface area is 186 Å². The molecule has 0 radical (unpaired) electrons. The zero-order chi connectivity index (χ0) is 22.4. The number of amides is 1. The maximum absolute atomic E-state index is 12.6. The van der Waals surface area contributed by atoms with Gasteiger partial charge in [0.15, 0.2) is 5.96 Å². The van der Waals surface area contributed by atoms with Crippen molar-refractivity contribution in [2.24, 2.45) is 4.99 Å². The molecule has 2 aliphatic rings. The van der Waals surface area contributed by atoms with E-state index in [1.54, 1.807) is 12.1 Å². The third-order valence-electron chi connectivity index (χ3n) is 5.85. The average molecular weight is 431 g/mol. The number of hydrogen-bond donors (Lipinski definition) is 3. The smallest absolute Gasteiger partial charge is 0.410 e. The molecule has 2 unspecified atom stereocenters. The number of aromatic hydroxyl groups is 1. The van der Waals surface area contributed by atoms with Gasteiger partial charge in [-0.25, -0.2) is 4.79 Å². The zero-order valence-electron chi connectivity index (χ0n) is 19.4. The van der Waals surface area contributed by atoms with Crippen LogP contribution in [0.3, 0.4) is 0 Å². The van der Waals surface area contributed by atoms with E-state index < -0.39 is 5.60 Å². The summed E-state index contributed by atoms with van der Waals surface area (Å²) in [5.41, 5.74) is 0.744. The van der Waals surface area contributed by atoms with Crippen LogP contribution in [0.5, 0.6) is 5.75 Å². The molecular weight excluding hydrogens is 392 g/mol. The molecule has 3 N–H and O–H groups in total. The van der Waals surface area contributed by atoms with Gasteiger partial charge in [-0.2, -0.15) is 0 Å². The first kappa shape index (κ1) is 23.2. The molecule has 0 aliphatic carbocycles. The van der Waals surface area contributed by atoms with Crippen molar-refractivity contribution in [2.75, 3.05) is 13.1 Å². The number of rotatable bonds is 6. The number of aryl methyl sites for hydroxylation is 1. The molecule has 3 rings (SSSR count). The highest BCUT2D eigenvalue weighted by Gasteiger charge is 2.45. The minimum atomic E-state index is -0.462. The molecular formula is C24H38N4O3. The third kappa shape index (κ3) is 6.77. The molecule has 2 saturated heterocycles. The number of fused-ring (bicyclic) bond motifs is 2. The standard InChI is InChI=1S/C24H38N4O3/c1-5-25-22(26-14-6-7-17-8-12-21(29)13-9-17)27-18-15-19-10-11-20(16-18)28(19)23(30)31-24(2,3)4/h8-9,12-13,18-20,29H,5-7,10-11,14-16H2,1-4H3,(H2,25,26,27). The van der Waals surface area contributed by atoms with Gasteiger partial charge in [0.1, 0.15) is 11.4 Å². The van der Waals surface area contributed by atoms with Crippen LogP contribution in [-0.4, -0.2) is 58.9 Å². The van der Waals surface area contributed by atoms with Gasteiger partial charge in [-0.05, 0) is 83.9 Å². The molecule has 7 heteroatoms. The Morgan fingerprint density at radius 2 is 1.84 bits per heavy atom. The average Bonchev–Trinajstić information content (AvgIpc) is 2.96. The monoisotopic (exact) mass is 430 g/mol. The predicted octanol–water partition coefficient (Wildman–Crippen LogP) is 3.81. The number of aliphatic imine (C=N–C) groups is 1. The molecule has 2 bridgehead atoms. The number of benzene rings is 1. The molecule has 172 valence electrons. The van der Waals surface area contributed by atoms with Gasteiger partial charge >= 0.3 is 6.09 Å². The topological polar surface area (TPSA) is 86.2 Å². The SMILES string of the molecule is CCNC(=NCCCc1ccc(O)cc1)NC1CC2CCC(C1)N2C(=O)OC(C)(C)C. The summed E-state index contributed by atoms with van der Waals surface area (Å²) in [5.74, 6) is 1.15. The van der Waals surface area contributed by atoms with Gasteiger partial charge in [0.05, 0.1) is 0 Å². The number of nitrogens with zero attached hydrogens (tertiary/aromatic N) is 2. The molecule has 1 amide bonds. The largest absolute Gasteiger partial charge is 0.508 e. The molecule has 1 aromatic rings. The first-order valence-electron chi connectivity index (χ1n) is 11.6. The second-order valence-electron chi connectivity index (χ2n) is 9.62. The van der Waals surface area contributed by atoms with Crippen molar-refractivity contribution in [1.29, 1.82) is 0 Å². The van der Waals surface area contributed by atoms with Crippen LogP contribution in [0.15, 0.2) is 29.3 Å². The number of nitrogens with one attached hydrogen (secondary N) is 2. The molecule has 0 saturated carbocycles. The number of phenolic OH excluding ortho intramolecular Hbond substituents is 1. The fraction of sp³-hybridized carbons (Fsp3) is 0.667. The molecule has 2 aliphatic heterocycles. The Hall–Kier alpha value is -2.44. The van der Waals surface area contributed by atoms with E-state index in [1.807, 2.05) is 37.8 Å². The maximum Gasteiger partial charge on any atom is 0.410 e. The highest BCUT2D eigenvalue weighted by Crippen LogP contribution is 2.36. The van der Waals surface area contributed by atoms with E-state index in [-0.39, 0.29) is 18.2 Å². The van der Waals surface area contributed by atoms with E-state index in [2.05, 4.69) is 17.6 Å². The molecule has 0 spiro atoms. The first-order valence-corrected chi connectivity index (χ1v) is 11.6. The fourth-order valence-electron chi connectivity index (χ4n) is 4.56. The Kier molecular flexibility index (Phi) is 7.68. The maximum atomic E-state index is 12.6. The second kappa shape index (κ2) is 10.2. The molecule has 31 heavy (non-hydrogen) atoms. The summed E-state index contributed by atoms with van der Waals surface area (Å²) in [6.07, 6.45) is 5.64. The number of ether oxygens (including phenoxy) is 1. The minimum Gasteiger partial charge on any atom is -0.508 e. The summed E-state index contributed by atoms with van der Waals surface area (Å²) in [6.45, 7) is 9.38. The Bertz CT molecular complexity index is 743. The van der Waals surface area contributed by atoms with E-state index >= 15 is 0 Å². The lowest BCUT2D eigenvalue weighted by Gasteiger charge is -2.40. The van der Waals surface area contributed by atoms with Crippen molar-refractivity contribution >= 4 is 12.1 Å². The highest BCUT2D eigenvalue weighted by molar-refractivity contribution is 5.80. The van der Waals surface area contributed by atoms with Gasteiger partial charge in [-0.15, -0.1) is 0 Å². The van der Waals surface area contributed by atoms with Gasteiger partial charge < -0.3 is 25.4 Å². The van der Waals surface area contributed by atoms with E-state index in [1.165, 1.54) is 5.56 Å². The molecule has 2 fully saturated rings. The van der Waals surface area contributed by atoms with Crippen LogP contribution in [0.4, 0.5) is 4.79 Å². The van der Waals surface area contributed by atoms with Crippen molar-refractivity contribution in [2.45, 2.75) is 89.9 Å². The molecule has 1 aromatic carbocycles. The number of hydrogen-bond acceptors (Lipinski definition) is 4. The van der Waals surface area contributed by atoms with Crippen LogP contribution in [0.2, 0.25) is 0 Å². The summed E-state index contributed by atoms with van der Waals surface area (Å²) < 4.78 is 5.64. The van der Waals surface area contributed by atoms with E-state index in [0.717, 1.165) is 57.6 Å². The Morgan fingerprint density at radius 1 is 1.19 bits per heavy atom. The molecule has 0 aromatic heterocycles. The van der Waals surface area contributed by atoms with Crippen LogP contribution in [0.1, 0.15) is 65.4 Å². The number of piperidine rings is 1. The lowest BCUT2D eigenvalue weighted by Crippen LogP contribution is -2.55. The summed E-state index contributed by atoms with van der Waals surface area (Å²) >= 11 is 0. The third-order valence-corrected chi connectivity index (χ3v) is 5.85. The lowest BCUT2D eigenvalue weighted by molar-refractivity contribution is 0.00545. The van der Waals surface area contributed by atoms with Gasteiger partial charge in [-0.3, -0.25) is 4.99 Å².